The number of para-hydroxylation sites is 1. The Labute approximate surface area is 167 Å². The molecule has 4 N–H and O–H groups in total. The van der Waals surface area contributed by atoms with Gasteiger partial charge in [-0.1, -0.05) is 18.2 Å². The summed E-state index contributed by atoms with van der Waals surface area (Å²) in [5.41, 5.74) is 5.48. The summed E-state index contributed by atoms with van der Waals surface area (Å²) < 4.78 is 27.5. The van der Waals surface area contributed by atoms with Crippen molar-refractivity contribution >= 4 is 33.4 Å². The van der Waals surface area contributed by atoms with E-state index in [0.29, 0.717) is 5.69 Å². The molecular formula is C19H20N4O5S. The van der Waals surface area contributed by atoms with E-state index in [1.807, 2.05) is 5.43 Å². The van der Waals surface area contributed by atoms with Crippen molar-refractivity contribution in [2.45, 2.75) is 30.7 Å². The van der Waals surface area contributed by atoms with Crippen LogP contribution in [0.5, 0.6) is 0 Å². The smallest absolute Gasteiger partial charge is 0.327 e. The molecule has 3 rings (SSSR count). The number of amides is 3. The number of carbonyl (C=O) groups is 3. The summed E-state index contributed by atoms with van der Waals surface area (Å²) in [6.45, 7) is 1.78. The van der Waals surface area contributed by atoms with Gasteiger partial charge in [0.25, 0.3) is 15.9 Å². The van der Waals surface area contributed by atoms with Crippen LogP contribution in [0.15, 0.2) is 53.4 Å². The monoisotopic (exact) mass is 416 g/mol. The maximum Gasteiger partial charge on any atom is 0.327 e. The standard InChI is InChI=1S/C19H20N4O5S/c1-12-4-2-3-5-16(12)23-29(27,28)15-10-6-13(7-11-15)17(24)21-22-19(26)18(25)20-14-8-9-14/h2-7,10-11,14,23H,8-9H2,1H3,(H,20,25)(H,21,24)(H,22,26). The summed E-state index contributed by atoms with van der Waals surface area (Å²) >= 11 is 0. The van der Waals surface area contributed by atoms with Gasteiger partial charge < -0.3 is 5.32 Å². The van der Waals surface area contributed by atoms with E-state index in [2.05, 4.69) is 15.5 Å². The quantitative estimate of drug-likeness (QED) is 0.423. The van der Waals surface area contributed by atoms with Gasteiger partial charge in [-0.05, 0) is 55.7 Å². The lowest BCUT2D eigenvalue weighted by Crippen LogP contribution is -2.48. The third kappa shape index (κ3) is 5.32. The van der Waals surface area contributed by atoms with Crippen LogP contribution in [-0.2, 0) is 19.6 Å². The third-order valence-electron chi connectivity index (χ3n) is 4.22. The fourth-order valence-electron chi connectivity index (χ4n) is 2.40. The number of carbonyl (C=O) groups excluding carboxylic acids is 3. The van der Waals surface area contributed by atoms with Gasteiger partial charge in [-0.15, -0.1) is 0 Å². The average Bonchev–Trinajstić information content (AvgIpc) is 3.51. The normalized spacial score (nSPS) is 13.3. The number of aryl methyl sites for hydroxylation is 1. The Morgan fingerprint density at radius 1 is 0.897 bits per heavy atom. The lowest BCUT2D eigenvalue weighted by molar-refractivity contribution is -0.139. The van der Waals surface area contributed by atoms with Gasteiger partial charge in [-0.25, -0.2) is 8.42 Å². The van der Waals surface area contributed by atoms with Crippen molar-refractivity contribution in [3.8, 4) is 0 Å². The Kier molecular flexibility index (Phi) is 5.83. The molecule has 3 amide bonds. The molecule has 2 aromatic rings. The summed E-state index contributed by atoms with van der Waals surface area (Å²) in [7, 11) is -3.83. The maximum atomic E-state index is 12.5. The minimum atomic E-state index is -3.83. The molecule has 0 aromatic heterocycles. The zero-order chi connectivity index (χ0) is 21.0. The van der Waals surface area contributed by atoms with E-state index < -0.39 is 27.7 Å². The van der Waals surface area contributed by atoms with Crippen molar-refractivity contribution in [3.63, 3.8) is 0 Å². The number of anilines is 1. The van der Waals surface area contributed by atoms with Crippen LogP contribution in [0.25, 0.3) is 0 Å². The van der Waals surface area contributed by atoms with Gasteiger partial charge >= 0.3 is 11.8 Å². The molecule has 2 aromatic carbocycles. The molecule has 29 heavy (non-hydrogen) atoms. The Morgan fingerprint density at radius 3 is 2.17 bits per heavy atom. The molecule has 0 radical (unpaired) electrons. The molecule has 10 heteroatoms. The Balaban J connectivity index is 1.60. The van der Waals surface area contributed by atoms with E-state index in [-0.39, 0.29) is 16.5 Å². The number of hydrogen-bond donors (Lipinski definition) is 4. The number of sulfonamides is 1. The molecule has 1 aliphatic carbocycles. The van der Waals surface area contributed by atoms with E-state index in [9.17, 15) is 22.8 Å². The molecule has 1 fully saturated rings. The highest BCUT2D eigenvalue weighted by molar-refractivity contribution is 7.92. The summed E-state index contributed by atoms with van der Waals surface area (Å²) in [5, 5.41) is 2.49. The number of rotatable bonds is 5. The van der Waals surface area contributed by atoms with Crippen LogP contribution in [0.4, 0.5) is 5.69 Å². The first kappa shape index (κ1) is 20.3. The topological polar surface area (TPSA) is 133 Å². The molecule has 0 heterocycles. The fourth-order valence-corrected chi connectivity index (χ4v) is 3.53. The molecular weight excluding hydrogens is 396 g/mol. The molecule has 0 bridgehead atoms. The summed E-state index contributed by atoms with van der Waals surface area (Å²) in [5.74, 6) is -2.49. The van der Waals surface area contributed by atoms with Crippen LogP contribution >= 0.6 is 0 Å². The molecule has 1 saturated carbocycles. The van der Waals surface area contributed by atoms with Crippen LogP contribution in [0.1, 0.15) is 28.8 Å². The van der Waals surface area contributed by atoms with E-state index >= 15 is 0 Å². The van der Waals surface area contributed by atoms with Crippen molar-refractivity contribution in [2.75, 3.05) is 4.72 Å². The van der Waals surface area contributed by atoms with Crippen molar-refractivity contribution < 1.29 is 22.8 Å². The zero-order valence-corrected chi connectivity index (χ0v) is 16.4. The molecule has 0 spiro atoms. The van der Waals surface area contributed by atoms with Crippen LogP contribution in [0.2, 0.25) is 0 Å². The third-order valence-corrected chi connectivity index (χ3v) is 5.61. The number of hydrogen-bond acceptors (Lipinski definition) is 5. The molecule has 0 atom stereocenters. The van der Waals surface area contributed by atoms with Gasteiger partial charge in [0.2, 0.25) is 0 Å². The van der Waals surface area contributed by atoms with Gasteiger partial charge in [0.05, 0.1) is 10.6 Å². The zero-order valence-electron chi connectivity index (χ0n) is 15.6. The molecule has 1 aliphatic rings. The number of benzene rings is 2. The Bertz CT molecular complexity index is 1050. The van der Waals surface area contributed by atoms with E-state index in [1.165, 1.54) is 24.3 Å². The highest BCUT2D eigenvalue weighted by atomic mass is 32.2. The maximum absolute atomic E-state index is 12.5. The summed E-state index contributed by atoms with van der Waals surface area (Å²) in [4.78, 5) is 35.2. The largest absolute Gasteiger partial charge is 0.345 e. The highest BCUT2D eigenvalue weighted by Gasteiger charge is 2.26. The van der Waals surface area contributed by atoms with Crippen molar-refractivity contribution in [1.29, 1.82) is 0 Å². The first-order chi connectivity index (χ1) is 13.8. The van der Waals surface area contributed by atoms with Crippen LogP contribution < -0.4 is 20.9 Å². The number of hydrazine groups is 1. The van der Waals surface area contributed by atoms with Crippen LogP contribution in [0.3, 0.4) is 0 Å². The predicted molar refractivity (Wildman–Crippen MR) is 105 cm³/mol. The first-order valence-corrected chi connectivity index (χ1v) is 10.3. The average molecular weight is 416 g/mol. The van der Waals surface area contributed by atoms with E-state index in [0.717, 1.165) is 18.4 Å². The van der Waals surface area contributed by atoms with Crippen molar-refractivity contribution in [3.05, 3.63) is 59.7 Å². The molecule has 0 aliphatic heterocycles. The second kappa shape index (κ2) is 8.31. The lowest BCUT2D eigenvalue weighted by atomic mass is 10.2. The SMILES string of the molecule is Cc1ccccc1NS(=O)(=O)c1ccc(C(=O)NNC(=O)C(=O)NC2CC2)cc1. The van der Waals surface area contributed by atoms with E-state index in [1.54, 1.807) is 31.2 Å². The first-order valence-electron chi connectivity index (χ1n) is 8.86. The van der Waals surface area contributed by atoms with Crippen LogP contribution in [-0.4, -0.2) is 32.2 Å². The van der Waals surface area contributed by atoms with Gasteiger partial charge in [0.15, 0.2) is 0 Å². The molecule has 9 nitrogen and oxygen atoms in total. The molecule has 152 valence electrons. The summed E-state index contributed by atoms with van der Waals surface area (Å²) in [6, 6.07) is 12.1. The van der Waals surface area contributed by atoms with Gasteiger partial charge in [0.1, 0.15) is 0 Å². The Morgan fingerprint density at radius 2 is 1.55 bits per heavy atom. The predicted octanol–water partition coefficient (Wildman–Crippen LogP) is 0.835. The van der Waals surface area contributed by atoms with E-state index in [4.69, 9.17) is 0 Å². The van der Waals surface area contributed by atoms with Gasteiger partial charge in [-0.3, -0.25) is 30.0 Å². The summed E-state index contributed by atoms with van der Waals surface area (Å²) in [6.07, 6.45) is 1.67. The fraction of sp³-hybridized carbons (Fsp3) is 0.211. The van der Waals surface area contributed by atoms with Gasteiger partial charge in [-0.2, -0.15) is 0 Å². The molecule has 0 saturated heterocycles. The minimum Gasteiger partial charge on any atom is -0.345 e. The second-order valence-corrected chi connectivity index (χ2v) is 8.28. The highest BCUT2D eigenvalue weighted by Crippen LogP contribution is 2.20. The Hall–Kier alpha value is -3.40. The second-order valence-electron chi connectivity index (χ2n) is 6.60. The van der Waals surface area contributed by atoms with Gasteiger partial charge in [0, 0.05) is 11.6 Å². The number of nitrogens with one attached hydrogen (secondary N) is 4. The van der Waals surface area contributed by atoms with Crippen molar-refractivity contribution in [1.82, 2.24) is 16.2 Å². The van der Waals surface area contributed by atoms with Crippen LogP contribution in [0, 0.1) is 6.92 Å². The lowest BCUT2D eigenvalue weighted by Gasteiger charge is -2.11. The minimum absolute atomic E-state index is 0.0201. The van der Waals surface area contributed by atoms with Crippen molar-refractivity contribution in [2.24, 2.45) is 0 Å². The molecule has 0 unspecified atom stereocenters.